The quantitative estimate of drug-likeness (QED) is 0.519. The van der Waals surface area contributed by atoms with E-state index < -0.39 is 15.9 Å². The molecule has 3 aromatic carbocycles. The van der Waals surface area contributed by atoms with Crippen molar-refractivity contribution in [3.8, 4) is 5.75 Å². The molecule has 176 valence electrons. The van der Waals surface area contributed by atoms with Crippen LogP contribution in [0.2, 0.25) is 5.02 Å². The number of carbonyl (C=O) groups excluding carboxylic acids is 2. The second-order valence-corrected chi connectivity index (χ2v) is 9.92. The van der Waals surface area contributed by atoms with E-state index >= 15 is 0 Å². The number of hydrogen-bond donors (Lipinski definition) is 2. The van der Waals surface area contributed by atoms with Crippen LogP contribution >= 0.6 is 11.6 Å². The fraction of sp³-hybridized carbons (Fsp3) is 0.167. The first-order valence-electron chi connectivity index (χ1n) is 10.5. The van der Waals surface area contributed by atoms with Crippen molar-refractivity contribution < 1.29 is 22.7 Å². The van der Waals surface area contributed by atoms with Crippen molar-refractivity contribution in [1.82, 2.24) is 9.62 Å². The lowest BCUT2D eigenvalue weighted by Crippen LogP contribution is -2.49. The van der Waals surface area contributed by atoms with Crippen LogP contribution in [0.4, 0.5) is 5.69 Å². The molecule has 2 amide bonds. The highest BCUT2D eigenvalue weighted by Gasteiger charge is 2.29. The maximum atomic E-state index is 12.9. The van der Waals surface area contributed by atoms with Crippen LogP contribution in [-0.4, -0.2) is 44.2 Å². The molecular formula is C24H22ClN3O5S. The van der Waals surface area contributed by atoms with Crippen LogP contribution in [0.25, 0.3) is 0 Å². The van der Waals surface area contributed by atoms with Crippen LogP contribution < -0.4 is 15.4 Å². The van der Waals surface area contributed by atoms with Crippen LogP contribution in [0.3, 0.4) is 0 Å². The molecule has 0 bridgehead atoms. The molecule has 1 aliphatic heterocycles. The summed E-state index contributed by atoms with van der Waals surface area (Å²) < 4.78 is 32.6. The summed E-state index contributed by atoms with van der Waals surface area (Å²) in [4.78, 5) is 24.3. The number of piperazine rings is 1. The Bertz CT molecular complexity index is 1310. The lowest BCUT2D eigenvalue weighted by Gasteiger charge is -2.26. The Morgan fingerprint density at radius 2 is 1.82 bits per heavy atom. The minimum absolute atomic E-state index is 0.0434. The molecular weight excluding hydrogens is 478 g/mol. The van der Waals surface area contributed by atoms with Gasteiger partial charge in [-0.25, -0.2) is 8.42 Å². The van der Waals surface area contributed by atoms with Crippen LogP contribution in [0.5, 0.6) is 5.75 Å². The van der Waals surface area contributed by atoms with Gasteiger partial charge in [0.25, 0.3) is 5.91 Å². The average Bonchev–Trinajstić information content (AvgIpc) is 2.84. The zero-order chi connectivity index (χ0) is 24.1. The first kappa shape index (κ1) is 23.7. The van der Waals surface area contributed by atoms with Gasteiger partial charge in [-0.1, -0.05) is 35.9 Å². The fourth-order valence-electron chi connectivity index (χ4n) is 3.38. The lowest BCUT2D eigenvalue weighted by atomic mass is 10.2. The van der Waals surface area contributed by atoms with Crippen LogP contribution in [0.15, 0.2) is 77.7 Å². The number of ether oxygens (including phenoxy) is 1. The number of rotatable bonds is 7. The van der Waals surface area contributed by atoms with Crippen LogP contribution in [0.1, 0.15) is 15.9 Å². The number of hydrogen-bond acceptors (Lipinski definition) is 5. The van der Waals surface area contributed by atoms with E-state index in [-0.39, 0.29) is 36.0 Å². The molecule has 1 fully saturated rings. The Labute approximate surface area is 202 Å². The second-order valence-electron chi connectivity index (χ2n) is 7.57. The Morgan fingerprint density at radius 3 is 2.56 bits per heavy atom. The molecule has 1 heterocycles. The topological polar surface area (TPSA) is 105 Å². The van der Waals surface area contributed by atoms with Gasteiger partial charge in [0.2, 0.25) is 15.9 Å². The SMILES string of the molecule is O=C1CN(S(=O)(=O)c2cccc(C(=O)Nc3ccc(OCc4ccccc4Cl)cc3)c2)CCN1. The molecule has 34 heavy (non-hydrogen) atoms. The molecule has 10 heteroatoms. The lowest BCUT2D eigenvalue weighted by molar-refractivity contribution is -0.122. The Balaban J connectivity index is 1.41. The molecule has 0 saturated carbocycles. The van der Waals surface area contributed by atoms with Gasteiger partial charge >= 0.3 is 0 Å². The maximum absolute atomic E-state index is 12.9. The number of sulfonamides is 1. The predicted molar refractivity (Wildman–Crippen MR) is 128 cm³/mol. The summed E-state index contributed by atoms with van der Waals surface area (Å²) in [6.07, 6.45) is 0. The summed E-state index contributed by atoms with van der Waals surface area (Å²) in [6.45, 7) is 0.487. The van der Waals surface area contributed by atoms with Crippen molar-refractivity contribution in [3.05, 3.63) is 88.9 Å². The van der Waals surface area contributed by atoms with Gasteiger partial charge in [-0.15, -0.1) is 0 Å². The van der Waals surface area contributed by atoms with Crippen molar-refractivity contribution in [3.63, 3.8) is 0 Å². The first-order chi connectivity index (χ1) is 16.3. The van der Waals surface area contributed by atoms with Gasteiger partial charge in [0.1, 0.15) is 12.4 Å². The summed E-state index contributed by atoms with van der Waals surface area (Å²) in [5, 5.41) is 5.96. The molecule has 1 saturated heterocycles. The normalized spacial score (nSPS) is 14.3. The Morgan fingerprint density at radius 1 is 1.06 bits per heavy atom. The van der Waals surface area contributed by atoms with Gasteiger partial charge < -0.3 is 15.4 Å². The highest BCUT2D eigenvalue weighted by molar-refractivity contribution is 7.89. The van der Waals surface area contributed by atoms with Crippen LogP contribution in [0, 0.1) is 0 Å². The summed E-state index contributed by atoms with van der Waals surface area (Å²) in [6, 6.07) is 19.9. The number of anilines is 1. The Hall–Kier alpha value is -3.40. The van der Waals surface area contributed by atoms with Crippen molar-refractivity contribution in [2.45, 2.75) is 11.5 Å². The molecule has 8 nitrogen and oxygen atoms in total. The highest BCUT2D eigenvalue weighted by Crippen LogP contribution is 2.22. The van der Waals surface area contributed by atoms with Crippen molar-refractivity contribution in [2.75, 3.05) is 25.0 Å². The van der Waals surface area contributed by atoms with Crippen molar-refractivity contribution in [1.29, 1.82) is 0 Å². The van der Waals surface area contributed by atoms with Gasteiger partial charge in [-0.05, 0) is 48.5 Å². The molecule has 0 unspecified atom stereocenters. The Kier molecular flexibility index (Phi) is 7.16. The molecule has 2 N–H and O–H groups in total. The minimum atomic E-state index is -3.90. The van der Waals surface area contributed by atoms with E-state index in [9.17, 15) is 18.0 Å². The van der Waals surface area contributed by atoms with Gasteiger partial charge in [0, 0.05) is 34.9 Å². The summed E-state index contributed by atoms with van der Waals surface area (Å²) in [5.74, 6) is -0.210. The zero-order valence-corrected chi connectivity index (χ0v) is 19.6. The summed E-state index contributed by atoms with van der Waals surface area (Å²) in [5.41, 5.74) is 1.57. The number of nitrogens with zero attached hydrogens (tertiary/aromatic N) is 1. The van der Waals surface area contributed by atoms with E-state index in [0.29, 0.717) is 23.1 Å². The zero-order valence-electron chi connectivity index (χ0n) is 18.0. The molecule has 0 atom stereocenters. The first-order valence-corrected chi connectivity index (χ1v) is 12.3. The number of nitrogens with one attached hydrogen (secondary N) is 2. The highest BCUT2D eigenvalue weighted by atomic mass is 35.5. The molecule has 3 aromatic rings. The van der Waals surface area contributed by atoms with Crippen molar-refractivity contribution >= 4 is 39.1 Å². The predicted octanol–water partition coefficient (Wildman–Crippen LogP) is 3.29. The molecule has 4 rings (SSSR count). The van der Waals surface area contributed by atoms with Crippen LogP contribution in [-0.2, 0) is 21.4 Å². The van der Waals surface area contributed by atoms with E-state index in [2.05, 4.69) is 10.6 Å². The molecule has 0 aliphatic carbocycles. The molecule has 1 aliphatic rings. The van der Waals surface area contributed by atoms with Gasteiger partial charge in [-0.3, -0.25) is 9.59 Å². The minimum Gasteiger partial charge on any atom is -0.489 e. The second kappa shape index (κ2) is 10.3. The van der Waals surface area contributed by atoms with E-state index in [1.54, 1.807) is 30.3 Å². The summed E-state index contributed by atoms with van der Waals surface area (Å²) in [7, 11) is -3.90. The van der Waals surface area contributed by atoms with Gasteiger partial charge in [0.15, 0.2) is 0 Å². The smallest absolute Gasteiger partial charge is 0.255 e. The third-order valence-electron chi connectivity index (χ3n) is 5.20. The van der Waals surface area contributed by atoms with E-state index in [0.717, 1.165) is 9.87 Å². The van der Waals surface area contributed by atoms with E-state index in [4.69, 9.17) is 16.3 Å². The van der Waals surface area contributed by atoms with Gasteiger partial charge in [0.05, 0.1) is 11.4 Å². The average molecular weight is 500 g/mol. The monoisotopic (exact) mass is 499 g/mol. The number of benzene rings is 3. The van der Waals surface area contributed by atoms with Crippen molar-refractivity contribution in [2.24, 2.45) is 0 Å². The van der Waals surface area contributed by atoms with E-state index in [1.165, 1.54) is 24.3 Å². The number of halogens is 1. The third kappa shape index (κ3) is 5.56. The maximum Gasteiger partial charge on any atom is 0.255 e. The molecule has 0 spiro atoms. The van der Waals surface area contributed by atoms with Gasteiger partial charge in [-0.2, -0.15) is 4.31 Å². The number of carbonyl (C=O) groups is 2. The molecule has 0 radical (unpaired) electrons. The standard InChI is InChI=1S/C24H22ClN3O5S/c25-22-7-2-1-4-18(22)16-33-20-10-8-19(9-11-20)27-24(30)17-5-3-6-21(14-17)34(31,32)28-13-12-26-23(29)15-28/h1-11,14H,12-13,15-16H2,(H,26,29)(H,27,30). The molecule has 0 aromatic heterocycles. The van der Waals surface area contributed by atoms with E-state index in [1.807, 2.05) is 18.2 Å². The summed E-state index contributed by atoms with van der Waals surface area (Å²) >= 11 is 6.14. The third-order valence-corrected chi connectivity index (χ3v) is 7.41. The fourth-order valence-corrected chi connectivity index (χ4v) is 5.02. The largest absolute Gasteiger partial charge is 0.489 e. The number of amides is 2.